The van der Waals surface area contributed by atoms with Gasteiger partial charge in [0.05, 0.1) is 6.10 Å². The van der Waals surface area contributed by atoms with Crippen LogP contribution in [0.2, 0.25) is 0 Å². The molecule has 1 unspecified atom stereocenters. The molecule has 0 aliphatic carbocycles. The smallest absolute Gasteiger partial charge is 0.550 e. The van der Waals surface area contributed by atoms with E-state index in [1.54, 1.807) is 0 Å². The van der Waals surface area contributed by atoms with Crippen molar-refractivity contribution < 1.29 is 66.4 Å². The average Bonchev–Trinajstić information content (AvgIpc) is 2.45. The Balaban J connectivity index is 0. The Labute approximate surface area is 180 Å². The second kappa shape index (κ2) is 20.1. The number of aliphatic hydroxyl groups is 1. The van der Waals surface area contributed by atoms with Crippen molar-refractivity contribution in [2.75, 3.05) is 0 Å². The molecule has 0 amide bonds. The minimum atomic E-state index is -0.954. The Bertz CT molecular complexity index is 234. The van der Waals surface area contributed by atoms with Gasteiger partial charge < -0.3 is 15.0 Å². The molecule has 0 aromatic carbocycles. The van der Waals surface area contributed by atoms with Crippen LogP contribution in [0.3, 0.4) is 0 Å². The van der Waals surface area contributed by atoms with Crippen molar-refractivity contribution in [3.8, 4) is 0 Å². The Morgan fingerprint density at radius 3 is 1.68 bits per heavy atom. The number of rotatable bonds is 16. The van der Waals surface area contributed by atoms with Crippen LogP contribution < -0.4 is 56.5 Å². The predicted molar refractivity (Wildman–Crippen MR) is 85.9 cm³/mol. The summed E-state index contributed by atoms with van der Waals surface area (Å²) in [7, 11) is 0. The minimum Gasteiger partial charge on any atom is -0.550 e. The Kier molecular flexibility index (Phi) is 23.1. The molecule has 126 valence electrons. The molecule has 0 aliphatic heterocycles. The normalized spacial score (nSPS) is 11.9. The molecule has 4 heteroatoms. The Hall–Kier alpha value is 1.07. The first kappa shape index (κ1) is 25.3. The minimum absolute atomic E-state index is 0. The fraction of sp³-hybridized carbons (Fsp3) is 0.944. The monoisotopic (exact) mass is 338 g/mol. The maximum Gasteiger partial charge on any atom is 1.00 e. The van der Waals surface area contributed by atoms with E-state index in [4.69, 9.17) is 0 Å². The molecule has 0 fully saturated rings. The maximum atomic E-state index is 10.2. The van der Waals surface area contributed by atoms with E-state index in [0.717, 1.165) is 38.5 Å². The van der Waals surface area contributed by atoms with E-state index in [1.807, 2.05) is 0 Å². The van der Waals surface area contributed by atoms with Crippen molar-refractivity contribution in [2.45, 2.75) is 109 Å². The Morgan fingerprint density at radius 1 is 0.818 bits per heavy atom. The van der Waals surface area contributed by atoms with Crippen molar-refractivity contribution >= 4 is 5.97 Å². The summed E-state index contributed by atoms with van der Waals surface area (Å²) in [5, 5.41) is 20.1. The third-order valence-corrected chi connectivity index (χ3v) is 4.06. The van der Waals surface area contributed by atoms with Gasteiger partial charge in [-0.05, 0) is 25.7 Å². The van der Waals surface area contributed by atoms with Gasteiger partial charge in [-0.25, -0.2) is 0 Å². The molecule has 0 heterocycles. The maximum absolute atomic E-state index is 10.2. The van der Waals surface area contributed by atoms with Crippen molar-refractivity contribution in [3.05, 3.63) is 0 Å². The number of carboxylic acids is 1. The second-order valence-corrected chi connectivity index (χ2v) is 6.24. The van der Waals surface area contributed by atoms with Gasteiger partial charge in [0.2, 0.25) is 0 Å². The molecule has 1 N–H and O–H groups in total. The summed E-state index contributed by atoms with van der Waals surface area (Å²) in [5.41, 5.74) is 0. The van der Waals surface area contributed by atoms with Crippen LogP contribution in [0.15, 0.2) is 0 Å². The van der Waals surface area contributed by atoms with Gasteiger partial charge >= 0.3 is 51.4 Å². The van der Waals surface area contributed by atoms with Crippen LogP contribution in [-0.2, 0) is 4.79 Å². The van der Waals surface area contributed by atoms with E-state index < -0.39 is 5.97 Å². The van der Waals surface area contributed by atoms with Gasteiger partial charge in [0.1, 0.15) is 0 Å². The molecule has 0 spiro atoms. The topological polar surface area (TPSA) is 60.4 Å². The number of carboxylic acid groups (broad SMARTS) is 1. The average molecular weight is 339 g/mol. The SMILES string of the molecule is CCCCCCCCCCC(O)CCCCCCC(=O)[O-].[K+]. The van der Waals surface area contributed by atoms with E-state index in [9.17, 15) is 15.0 Å². The third kappa shape index (κ3) is 21.1. The number of hydrogen-bond donors (Lipinski definition) is 1. The van der Waals surface area contributed by atoms with Crippen molar-refractivity contribution in [2.24, 2.45) is 0 Å². The molecule has 1 atom stereocenters. The quantitative estimate of drug-likeness (QED) is 0.337. The first-order chi connectivity index (χ1) is 10.2. The fourth-order valence-electron chi connectivity index (χ4n) is 2.66. The van der Waals surface area contributed by atoms with Gasteiger partial charge in [-0.3, -0.25) is 0 Å². The first-order valence-electron chi connectivity index (χ1n) is 9.04. The summed E-state index contributed by atoms with van der Waals surface area (Å²) < 4.78 is 0. The number of unbranched alkanes of at least 4 members (excludes halogenated alkanes) is 10. The van der Waals surface area contributed by atoms with Gasteiger partial charge in [0.15, 0.2) is 0 Å². The summed E-state index contributed by atoms with van der Waals surface area (Å²) in [6.45, 7) is 2.24. The van der Waals surface area contributed by atoms with Gasteiger partial charge in [-0.15, -0.1) is 0 Å². The van der Waals surface area contributed by atoms with Crippen LogP contribution in [0.5, 0.6) is 0 Å². The van der Waals surface area contributed by atoms with Crippen molar-refractivity contribution in [1.29, 1.82) is 0 Å². The number of carbonyl (C=O) groups is 1. The molecular formula is C18H35KO3. The van der Waals surface area contributed by atoms with Crippen molar-refractivity contribution in [1.82, 2.24) is 0 Å². The van der Waals surface area contributed by atoms with Gasteiger partial charge in [0.25, 0.3) is 0 Å². The molecule has 0 saturated carbocycles. The van der Waals surface area contributed by atoms with Gasteiger partial charge in [-0.1, -0.05) is 77.6 Å². The molecule has 3 nitrogen and oxygen atoms in total. The summed E-state index contributed by atoms with van der Waals surface area (Å²) in [6.07, 6.45) is 15.9. The van der Waals surface area contributed by atoms with E-state index in [0.29, 0.717) is 6.42 Å². The Morgan fingerprint density at radius 2 is 1.23 bits per heavy atom. The van der Waals surface area contributed by atoms with Crippen molar-refractivity contribution in [3.63, 3.8) is 0 Å². The van der Waals surface area contributed by atoms with E-state index in [2.05, 4.69) is 6.92 Å². The molecule has 0 aromatic rings. The van der Waals surface area contributed by atoms with Crippen LogP contribution in [0, 0.1) is 0 Å². The van der Waals surface area contributed by atoms with E-state index in [1.165, 1.54) is 44.9 Å². The zero-order valence-corrected chi connectivity index (χ0v) is 18.1. The van der Waals surface area contributed by atoms with Crippen LogP contribution in [0.25, 0.3) is 0 Å². The zero-order chi connectivity index (χ0) is 15.8. The zero-order valence-electron chi connectivity index (χ0n) is 14.9. The molecule has 0 aliphatic rings. The summed E-state index contributed by atoms with van der Waals surface area (Å²) in [5.74, 6) is -0.954. The molecule has 0 aromatic heterocycles. The molecular weight excluding hydrogens is 303 g/mol. The summed E-state index contributed by atoms with van der Waals surface area (Å²) in [6, 6.07) is 0. The number of carbonyl (C=O) groups excluding carboxylic acids is 1. The molecule has 0 radical (unpaired) electrons. The van der Waals surface area contributed by atoms with Gasteiger partial charge in [0, 0.05) is 5.97 Å². The fourth-order valence-corrected chi connectivity index (χ4v) is 2.66. The first-order valence-corrected chi connectivity index (χ1v) is 9.04. The van der Waals surface area contributed by atoms with E-state index >= 15 is 0 Å². The molecule has 0 saturated heterocycles. The molecule has 0 rings (SSSR count). The third-order valence-electron chi connectivity index (χ3n) is 4.06. The van der Waals surface area contributed by atoms with Crippen LogP contribution in [-0.4, -0.2) is 17.2 Å². The number of aliphatic carboxylic acids is 1. The van der Waals surface area contributed by atoms with Gasteiger partial charge in [-0.2, -0.15) is 0 Å². The van der Waals surface area contributed by atoms with Crippen LogP contribution >= 0.6 is 0 Å². The summed E-state index contributed by atoms with van der Waals surface area (Å²) >= 11 is 0. The molecule has 0 bridgehead atoms. The standard InChI is InChI=1S/C18H36O3.K/c1-2-3-4-5-6-7-8-11-14-17(19)15-12-9-10-13-16-18(20)21;/h17,19H,2-16H2,1H3,(H,20,21);/q;+1/p-1. The van der Waals surface area contributed by atoms with Crippen LogP contribution in [0.1, 0.15) is 103 Å². The number of hydrogen-bond acceptors (Lipinski definition) is 3. The van der Waals surface area contributed by atoms with E-state index in [-0.39, 0.29) is 63.9 Å². The molecule has 22 heavy (non-hydrogen) atoms. The predicted octanol–water partition coefficient (Wildman–Crippen LogP) is 0.973. The largest absolute Gasteiger partial charge is 1.00 e. The second-order valence-electron chi connectivity index (χ2n) is 6.24. The van der Waals surface area contributed by atoms with Crippen LogP contribution in [0.4, 0.5) is 0 Å². The number of aliphatic hydroxyl groups excluding tert-OH is 1. The summed E-state index contributed by atoms with van der Waals surface area (Å²) in [4.78, 5) is 10.2.